The molecule has 0 aliphatic carbocycles. The van der Waals surface area contributed by atoms with Gasteiger partial charge in [0.2, 0.25) is 0 Å². The van der Waals surface area contributed by atoms with Crippen LogP contribution >= 0.6 is 11.3 Å². The van der Waals surface area contributed by atoms with Gasteiger partial charge in [-0.3, -0.25) is 4.90 Å². The summed E-state index contributed by atoms with van der Waals surface area (Å²) in [4.78, 5) is 9.25. The number of hydrogen-bond acceptors (Lipinski definition) is 5. The molecule has 0 atom stereocenters. The van der Waals surface area contributed by atoms with E-state index in [1.807, 2.05) is 48.0 Å². The Morgan fingerprint density at radius 1 is 0.929 bits per heavy atom. The zero-order chi connectivity index (χ0) is 19.2. The van der Waals surface area contributed by atoms with E-state index in [1.165, 1.54) is 0 Å². The van der Waals surface area contributed by atoms with Gasteiger partial charge >= 0.3 is 0 Å². The van der Waals surface area contributed by atoms with Crippen LogP contribution in [0.3, 0.4) is 0 Å². The van der Waals surface area contributed by atoms with Gasteiger partial charge in [0.15, 0.2) is 5.13 Å². The molecule has 1 aliphatic rings. The van der Waals surface area contributed by atoms with Crippen molar-refractivity contribution < 1.29 is 0 Å². The fourth-order valence-corrected chi connectivity index (χ4v) is 4.64. The molecule has 0 N–H and O–H groups in total. The van der Waals surface area contributed by atoms with E-state index in [0.29, 0.717) is 0 Å². The highest BCUT2D eigenvalue weighted by molar-refractivity contribution is 7.13. The van der Waals surface area contributed by atoms with Crippen LogP contribution in [0, 0.1) is 11.3 Å². The van der Waals surface area contributed by atoms with Crippen molar-refractivity contribution in [3.8, 4) is 6.07 Å². The zero-order valence-electron chi connectivity index (χ0n) is 15.9. The Morgan fingerprint density at radius 3 is 2.04 bits per heavy atom. The van der Waals surface area contributed by atoms with E-state index in [0.717, 1.165) is 55.4 Å². The SMILES string of the molecule is N#CC(CCN1CCN(c2nccs2)CC1)(c1ccccc1)c1ccccc1. The molecule has 28 heavy (non-hydrogen) atoms. The van der Waals surface area contributed by atoms with Crippen LogP contribution in [0.4, 0.5) is 5.13 Å². The highest BCUT2D eigenvalue weighted by Gasteiger charge is 2.35. The summed E-state index contributed by atoms with van der Waals surface area (Å²) in [6.45, 7) is 4.89. The number of anilines is 1. The molecule has 0 saturated carbocycles. The van der Waals surface area contributed by atoms with Gasteiger partial charge in [-0.15, -0.1) is 11.3 Å². The zero-order valence-corrected chi connectivity index (χ0v) is 16.7. The fraction of sp³-hybridized carbons (Fsp3) is 0.304. The maximum absolute atomic E-state index is 10.3. The average molecular weight is 389 g/mol. The molecular weight excluding hydrogens is 364 g/mol. The molecule has 4 rings (SSSR count). The van der Waals surface area contributed by atoms with Crippen LogP contribution in [-0.4, -0.2) is 42.6 Å². The third-order valence-electron chi connectivity index (χ3n) is 5.59. The van der Waals surface area contributed by atoms with Crippen molar-refractivity contribution in [1.29, 1.82) is 5.26 Å². The summed E-state index contributed by atoms with van der Waals surface area (Å²) in [5.41, 5.74) is 1.53. The molecule has 0 spiro atoms. The Kier molecular flexibility index (Phi) is 5.70. The first-order valence-electron chi connectivity index (χ1n) is 9.71. The summed E-state index contributed by atoms with van der Waals surface area (Å²) in [5.74, 6) is 0. The summed E-state index contributed by atoms with van der Waals surface area (Å²) >= 11 is 1.70. The highest BCUT2D eigenvalue weighted by Crippen LogP contribution is 2.35. The molecule has 1 aliphatic heterocycles. The molecule has 0 bridgehead atoms. The summed E-state index contributed by atoms with van der Waals surface area (Å²) in [6, 6.07) is 23.1. The normalized spacial score (nSPS) is 15.3. The number of piperazine rings is 1. The molecule has 2 heterocycles. The number of aromatic nitrogens is 1. The second-order valence-electron chi connectivity index (χ2n) is 7.14. The Labute approximate surface area is 170 Å². The maximum atomic E-state index is 10.3. The monoisotopic (exact) mass is 388 g/mol. The number of rotatable bonds is 6. The summed E-state index contributed by atoms with van der Waals surface area (Å²) in [7, 11) is 0. The van der Waals surface area contributed by atoms with E-state index in [1.54, 1.807) is 11.3 Å². The first-order valence-corrected chi connectivity index (χ1v) is 10.6. The van der Waals surface area contributed by atoms with Gasteiger partial charge in [0.05, 0.1) is 6.07 Å². The van der Waals surface area contributed by atoms with Gasteiger partial charge in [0.25, 0.3) is 0 Å². The molecule has 1 fully saturated rings. The highest BCUT2D eigenvalue weighted by atomic mass is 32.1. The van der Waals surface area contributed by atoms with Gasteiger partial charge in [0, 0.05) is 44.3 Å². The van der Waals surface area contributed by atoms with Gasteiger partial charge in [-0.05, 0) is 17.5 Å². The smallest absolute Gasteiger partial charge is 0.185 e. The lowest BCUT2D eigenvalue weighted by atomic mass is 9.73. The van der Waals surface area contributed by atoms with Crippen molar-refractivity contribution in [2.24, 2.45) is 0 Å². The fourth-order valence-electron chi connectivity index (χ4n) is 3.95. The van der Waals surface area contributed by atoms with Crippen LogP contribution in [0.15, 0.2) is 72.2 Å². The lowest BCUT2D eigenvalue weighted by Gasteiger charge is -2.36. The Bertz CT molecular complexity index is 855. The van der Waals surface area contributed by atoms with Gasteiger partial charge in [-0.25, -0.2) is 4.98 Å². The van der Waals surface area contributed by atoms with Crippen molar-refractivity contribution >= 4 is 16.5 Å². The molecule has 3 aromatic rings. The predicted molar refractivity (Wildman–Crippen MR) is 115 cm³/mol. The summed E-state index contributed by atoms with van der Waals surface area (Å²) in [5, 5.41) is 13.4. The van der Waals surface area contributed by atoms with Crippen molar-refractivity contribution in [1.82, 2.24) is 9.88 Å². The summed E-state index contributed by atoms with van der Waals surface area (Å²) < 4.78 is 0. The van der Waals surface area contributed by atoms with Crippen LogP contribution in [-0.2, 0) is 5.41 Å². The van der Waals surface area contributed by atoms with Crippen molar-refractivity contribution in [2.45, 2.75) is 11.8 Å². The first-order chi connectivity index (χ1) is 13.8. The quantitative estimate of drug-likeness (QED) is 0.636. The molecule has 0 unspecified atom stereocenters. The van der Waals surface area contributed by atoms with Crippen LogP contribution in [0.2, 0.25) is 0 Å². The molecule has 5 heteroatoms. The van der Waals surface area contributed by atoms with Gasteiger partial charge < -0.3 is 4.90 Å². The molecule has 142 valence electrons. The minimum Gasteiger partial charge on any atom is -0.346 e. The molecule has 0 radical (unpaired) electrons. The van der Waals surface area contributed by atoms with Crippen molar-refractivity contribution in [2.75, 3.05) is 37.6 Å². The number of benzene rings is 2. The molecule has 4 nitrogen and oxygen atoms in total. The number of thiazole rings is 1. The largest absolute Gasteiger partial charge is 0.346 e. The molecule has 1 aromatic heterocycles. The molecule has 2 aromatic carbocycles. The molecule has 0 amide bonds. The Hall–Kier alpha value is -2.68. The van der Waals surface area contributed by atoms with Crippen molar-refractivity contribution in [3.05, 3.63) is 83.4 Å². The lowest BCUT2D eigenvalue weighted by molar-refractivity contribution is 0.244. The molecule has 1 saturated heterocycles. The lowest BCUT2D eigenvalue weighted by Crippen LogP contribution is -2.47. The van der Waals surface area contributed by atoms with Gasteiger partial charge in [-0.1, -0.05) is 60.7 Å². The Morgan fingerprint density at radius 2 is 1.54 bits per heavy atom. The first kappa shape index (κ1) is 18.7. The topological polar surface area (TPSA) is 43.2 Å². The van der Waals surface area contributed by atoms with E-state index < -0.39 is 5.41 Å². The average Bonchev–Trinajstić information content (AvgIpc) is 3.31. The van der Waals surface area contributed by atoms with E-state index in [4.69, 9.17) is 0 Å². The van der Waals surface area contributed by atoms with Gasteiger partial charge in [-0.2, -0.15) is 5.26 Å². The van der Waals surface area contributed by atoms with Crippen LogP contribution < -0.4 is 4.90 Å². The minimum atomic E-state index is -0.616. The number of nitriles is 1. The second kappa shape index (κ2) is 8.55. The summed E-state index contributed by atoms with van der Waals surface area (Å²) in [6.07, 6.45) is 2.65. The third-order valence-corrected chi connectivity index (χ3v) is 6.42. The third kappa shape index (κ3) is 3.80. The number of hydrogen-bond donors (Lipinski definition) is 0. The predicted octanol–water partition coefficient (Wildman–Crippen LogP) is 4.17. The minimum absolute atomic E-state index is 0.616. The number of nitrogens with zero attached hydrogens (tertiary/aromatic N) is 4. The molecular formula is C23H24N4S. The standard InChI is InChI=1S/C23H24N4S/c24-19-23(20-7-3-1-4-8-20,21-9-5-2-6-10-21)11-13-26-14-16-27(17-15-26)22-25-12-18-28-22/h1-10,12,18H,11,13-17H2. The van der Waals surface area contributed by atoms with E-state index in [-0.39, 0.29) is 0 Å². The second-order valence-corrected chi connectivity index (χ2v) is 8.02. The van der Waals surface area contributed by atoms with E-state index in [9.17, 15) is 5.26 Å². The van der Waals surface area contributed by atoms with E-state index in [2.05, 4.69) is 45.1 Å². The van der Waals surface area contributed by atoms with E-state index >= 15 is 0 Å². The van der Waals surface area contributed by atoms with Crippen LogP contribution in [0.25, 0.3) is 0 Å². The Balaban J connectivity index is 1.49. The maximum Gasteiger partial charge on any atom is 0.185 e. The van der Waals surface area contributed by atoms with Gasteiger partial charge in [0.1, 0.15) is 5.41 Å². The van der Waals surface area contributed by atoms with Crippen molar-refractivity contribution in [3.63, 3.8) is 0 Å². The van der Waals surface area contributed by atoms with Crippen LogP contribution in [0.5, 0.6) is 0 Å². The van der Waals surface area contributed by atoms with Crippen LogP contribution in [0.1, 0.15) is 17.5 Å².